The zero-order valence-corrected chi connectivity index (χ0v) is 29.6. The lowest BCUT2D eigenvalue weighted by Gasteiger charge is -2.15. The molecule has 0 rings (SSSR count). The van der Waals surface area contributed by atoms with Gasteiger partial charge in [0.15, 0.2) is 6.10 Å². The van der Waals surface area contributed by atoms with Gasteiger partial charge in [0.2, 0.25) is 0 Å². The van der Waals surface area contributed by atoms with Crippen molar-refractivity contribution in [2.24, 2.45) is 0 Å². The third-order valence-corrected chi connectivity index (χ3v) is 7.49. The van der Waals surface area contributed by atoms with E-state index in [-0.39, 0.29) is 31.6 Å². The molecule has 0 aromatic carbocycles. The molecule has 0 unspecified atom stereocenters. The van der Waals surface area contributed by atoms with Crippen LogP contribution in [0.25, 0.3) is 0 Å². The summed E-state index contributed by atoms with van der Waals surface area (Å²) in [7, 11) is 0. The van der Waals surface area contributed by atoms with E-state index in [2.05, 4.69) is 74.6 Å². The van der Waals surface area contributed by atoms with Crippen LogP contribution in [0.2, 0.25) is 0 Å². The molecule has 0 saturated carbocycles. The van der Waals surface area contributed by atoms with Crippen molar-refractivity contribution in [2.75, 3.05) is 13.2 Å². The van der Waals surface area contributed by atoms with E-state index in [9.17, 15) is 14.7 Å². The second-order valence-electron chi connectivity index (χ2n) is 11.9. The Morgan fingerprint density at radius 1 is 0.500 bits per heavy atom. The molecular weight excluding hydrogens is 572 g/mol. The van der Waals surface area contributed by atoms with E-state index < -0.39 is 6.10 Å². The first-order chi connectivity index (χ1) is 22.6. The highest BCUT2D eigenvalue weighted by atomic mass is 16.6. The van der Waals surface area contributed by atoms with Crippen LogP contribution in [0, 0.1) is 0 Å². The van der Waals surface area contributed by atoms with Gasteiger partial charge >= 0.3 is 11.9 Å². The molecular formula is C41H68O5. The minimum absolute atomic E-state index is 0.112. The molecule has 5 heteroatoms. The highest BCUT2D eigenvalue weighted by Gasteiger charge is 2.15. The van der Waals surface area contributed by atoms with Crippen molar-refractivity contribution in [3.8, 4) is 0 Å². The van der Waals surface area contributed by atoms with Crippen molar-refractivity contribution in [1.82, 2.24) is 0 Å². The maximum atomic E-state index is 12.1. The zero-order chi connectivity index (χ0) is 33.6. The molecule has 1 N–H and O–H groups in total. The lowest BCUT2D eigenvalue weighted by atomic mass is 10.1. The monoisotopic (exact) mass is 641 g/mol. The van der Waals surface area contributed by atoms with Crippen LogP contribution in [-0.2, 0) is 19.1 Å². The van der Waals surface area contributed by atoms with Crippen LogP contribution in [0.5, 0.6) is 0 Å². The predicted octanol–water partition coefficient (Wildman–Crippen LogP) is 11.4. The Labute approximate surface area is 283 Å². The molecule has 46 heavy (non-hydrogen) atoms. The highest BCUT2D eigenvalue weighted by molar-refractivity contribution is 5.70. The van der Waals surface area contributed by atoms with Gasteiger partial charge in [-0.1, -0.05) is 138 Å². The number of hydrogen-bond acceptors (Lipinski definition) is 5. The maximum Gasteiger partial charge on any atom is 0.306 e. The van der Waals surface area contributed by atoms with Crippen LogP contribution in [0.4, 0.5) is 0 Å². The number of allylic oxidation sites excluding steroid dienone is 12. The molecule has 0 aliphatic heterocycles. The Morgan fingerprint density at radius 3 is 1.46 bits per heavy atom. The average Bonchev–Trinajstić information content (AvgIpc) is 3.06. The fraction of sp³-hybridized carbons (Fsp3) is 0.659. The van der Waals surface area contributed by atoms with Gasteiger partial charge in [0.25, 0.3) is 0 Å². The average molecular weight is 641 g/mol. The molecule has 0 aromatic heterocycles. The molecule has 1 atom stereocenters. The number of ether oxygens (including phenoxy) is 2. The maximum absolute atomic E-state index is 12.1. The van der Waals surface area contributed by atoms with Gasteiger partial charge in [0.05, 0.1) is 6.61 Å². The minimum Gasteiger partial charge on any atom is -0.462 e. The molecule has 0 heterocycles. The standard InChI is InChI=1S/C41H68O5/c1-3-5-7-9-11-13-15-17-18-19-20-21-22-24-25-27-29-31-33-35-40(43)45-38-39(37-42)46-41(44)36-34-32-30-28-26-23-16-14-12-10-8-6-4-2/h11,13-14,16-18,20-21,24-25,29,31,39,42H,3-10,12,15,19,22-23,26-28,30,32-38H2,1-2H3/t39-/m0/s1. The quantitative estimate of drug-likeness (QED) is 0.0450. The van der Waals surface area contributed by atoms with Crippen LogP contribution < -0.4 is 0 Å². The van der Waals surface area contributed by atoms with Crippen molar-refractivity contribution < 1.29 is 24.2 Å². The Hall–Kier alpha value is -2.66. The van der Waals surface area contributed by atoms with E-state index in [1.807, 2.05) is 12.2 Å². The fourth-order valence-electron chi connectivity index (χ4n) is 4.65. The number of unbranched alkanes of at least 4 members (excludes halogenated alkanes) is 12. The molecule has 0 saturated heterocycles. The van der Waals surface area contributed by atoms with E-state index in [1.165, 1.54) is 70.6 Å². The third-order valence-electron chi connectivity index (χ3n) is 7.49. The second-order valence-corrected chi connectivity index (χ2v) is 11.9. The van der Waals surface area contributed by atoms with Gasteiger partial charge in [-0.05, 0) is 77.0 Å². The second kappa shape index (κ2) is 36.8. The molecule has 0 bridgehead atoms. The molecule has 0 amide bonds. The SMILES string of the molecule is CCCCCC=CCC=CCC=CCC=CCC=CCCC(=O)OC[C@H](CO)OC(=O)CCCCCCCC=CCCCCCC. The summed E-state index contributed by atoms with van der Waals surface area (Å²) in [6.45, 7) is 4.00. The summed E-state index contributed by atoms with van der Waals surface area (Å²) in [6.07, 6.45) is 48.2. The molecule has 0 radical (unpaired) electrons. The number of aliphatic hydroxyl groups is 1. The predicted molar refractivity (Wildman–Crippen MR) is 196 cm³/mol. The van der Waals surface area contributed by atoms with Gasteiger partial charge in [0, 0.05) is 12.8 Å². The number of carbonyl (C=O) groups is 2. The molecule has 0 aromatic rings. The lowest BCUT2D eigenvalue weighted by molar-refractivity contribution is -0.161. The first-order valence-electron chi connectivity index (χ1n) is 18.5. The van der Waals surface area contributed by atoms with E-state index >= 15 is 0 Å². The summed E-state index contributed by atoms with van der Waals surface area (Å²) < 4.78 is 10.5. The minimum atomic E-state index is -0.807. The summed E-state index contributed by atoms with van der Waals surface area (Å²) in [5, 5.41) is 9.52. The third kappa shape index (κ3) is 34.2. The van der Waals surface area contributed by atoms with Gasteiger partial charge < -0.3 is 14.6 Å². The van der Waals surface area contributed by atoms with E-state index in [0.29, 0.717) is 12.8 Å². The van der Waals surface area contributed by atoms with Crippen molar-refractivity contribution in [3.63, 3.8) is 0 Å². The molecule has 0 spiro atoms. The van der Waals surface area contributed by atoms with Crippen LogP contribution in [0.1, 0.15) is 155 Å². The lowest BCUT2D eigenvalue weighted by Crippen LogP contribution is -2.28. The van der Waals surface area contributed by atoms with E-state index in [4.69, 9.17) is 9.47 Å². The normalized spacial score (nSPS) is 13.0. The van der Waals surface area contributed by atoms with Gasteiger partial charge in [-0.3, -0.25) is 9.59 Å². The molecule has 262 valence electrons. The Kier molecular flexibility index (Phi) is 34.7. The van der Waals surface area contributed by atoms with Gasteiger partial charge in [-0.2, -0.15) is 0 Å². The Bertz CT molecular complexity index is 864. The zero-order valence-electron chi connectivity index (χ0n) is 29.6. The summed E-state index contributed by atoms with van der Waals surface area (Å²) in [6, 6.07) is 0. The fourth-order valence-corrected chi connectivity index (χ4v) is 4.65. The van der Waals surface area contributed by atoms with Crippen LogP contribution in [0.15, 0.2) is 72.9 Å². The molecule has 0 fully saturated rings. The number of rotatable bonds is 32. The smallest absolute Gasteiger partial charge is 0.306 e. The van der Waals surface area contributed by atoms with Crippen molar-refractivity contribution in [2.45, 2.75) is 161 Å². The summed E-state index contributed by atoms with van der Waals surface area (Å²) >= 11 is 0. The number of carbonyl (C=O) groups excluding carboxylic acids is 2. The highest BCUT2D eigenvalue weighted by Crippen LogP contribution is 2.10. The first kappa shape index (κ1) is 43.3. The summed E-state index contributed by atoms with van der Waals surface area (Å²) in [4.78, 5) is 24.1. The van der Waals surface area contributed by atoms with Crippen molar-refractivity contribution in [3.05, 3.63) is 72.9 Å². The van der Waals surface area contributed by atoms with Crippen molar-refractivity contribution in [1.29, 1.82) is 0 Å². The number of hydrogen-bond donors (Lipinski definition) is 1. The molecule has 0 aliphatic rings. The van der Waals surface area contributed by atoms with E-state index in [1.54, 1.807) is 0 Å². The molecule has 0 aliphatic carbocycles. The number of esters is 2. The topological polar surface area (TPSA) is 72.8 Å². The van der Waals surface area contributed by atoms with Crippen molar-refractivity contribution >= 4 is 11.9 Å². The summed E-state index contributed by atoms with van der Waals surface area (Å²) in [5.74, 6) is -0.705. The Morgan fingerprint density at radius 2 is 0.913 bits per heavy atom. The largest absolute Gasteiger partial charge is 0.462 e. The van der Waals surface area contributed by atoms with Crippen LogP contribution in [0.3, 0.4) is 0 Å². The molecule has 5 nitrogen and oxygen atoms in total. The summed E-state index contributed by atoms with van der Waals surface area (Å²) in [5.41, 5.74) is 0. The van der Waals surface area contributed by atoms with Crippen LogP contribution in [-0.4, -0.2) is 36.4 Å². The van der Waals surface area contributed by atoms with Gasteiger partial charge in [0.1, 0.15) is 6.61 Å². The number of aliphatic hydroxyl groups excluding tert-OH is 1. The first-order valence-corrected chi connectivity index (χ1v) is 18.5. The van der Waals surface area contributed by atoms with Gasteiger partial charge in [-0.15, -0.1) is 0 Å². The Balaban J connectivity index is 3.75. The van der Waals surface area contributed by atoms with Crippen LogP contribution >= 0.6 is 0 Å². The van der Waals surface area contributed by atoms with Gasteiger partial charge in [-0.25, -0.2) is 0 Å². The van der Waals surface area contributed by atoms with E-state index in [0.717, 1.165) is 51.4 Å².